The average molecular weight is 499 g/mol. The van der Waals surface area contributed by atoms with Crippen LogP contribution >= 0.6 is 11.8 Å². The van der Waals surface area contributed by atoms with Crippen LogP contribution in [0.2, 0.25) is 0 Å². The predicted octanol–water partition coefficient (Wildman–Crippen LogP) is 4.73. The molecule has 8 nitrogen and oxygen atoms in total. The Morgan fingerprint density at radius 2 is 1.82 bits per heavy atom. The van der Waals surface area contributed by atoms with Gasteiger partial charge >= 0.3 is 11.4 Å². The van der Waals surface area contributed by atoms with Gasteiger partial charge in [-0.25, -0.2) is 4.39 Å². The molecule has 2 aromatic rings. The van der Waals surface area contributed by atoms with Crippen LogP contribution in [-0.2, 0) is 36.5 Å². The molecule has 0 spiro atoms. The normalized spacial score (nSPS) is 13.1. The number of nitrogens with one attached hydrogen (secondary N) is 1. The molecule has 11 heteroatoms. The first-order valence-electron chi connectivity index (χ1n) is 9.64. The van der Waals surface area contributed by atoms with Gasteiger partial charge in [-0.15, -0.1) is 0 Å². The molecule has 1 aliphatic rings. The monoisotopic (exact) mass is 498 g/mol. The lowest BCUT2D eigenvalue weighted by Gasteiger charge is -2.11. The summed E-state index contributed by atoms with van der Waals surface area (Å²) in [5.41, 5.74) is 7.18. The van der Waals surface area contributed by atoms with Crippen molar-refractivity contribution in [2.45, 2.75) is 27.4 Å². The number of carbonyl (C=O) groups excluding carboxylic acids is 1. The molecule has 1 saturated heterocycles. The lowest BCUT2D eigenvalue weighted by Crippen LogP contribution is -2.12. The van der Waals surface area contributed by atoms with E-state index in [0.717, 1.165) is 5.56 Å². The predicted molar refractivity (Wildman–Crippen MR) is 127 cm³/mol. The van der Waals surface area contributed by atoms with Crippen LogP contribution in [0.1, 0.15) is 31.9 Å². The van der Waals surface area contributed by atoms with Crippen molar-refractivity contribution in [1.82, 2.24) is 0 Å². The Kier molecular flexibility index (Phi) is 13.2. The van der Waals surface area contributed by atoms with Gasteiger partial charge in [0.15, 0.2) is 11.0 Å². The number of ether oxygens (including phenoxy) is 1. The number of nitrogens with two attached hydrogens (primary N) is 1. The zero-order chi connectivity index (χ0) is 24.8. The Morgan fingerprint density at radius 1 is 1.24 bits per heavy atom. The first-order valence-corrected chi connectivity index (χ1v) is 11.9. The largest absolute Gasteiger partial charge is 0.488 e. The molecule has 0 amide bonds. The van der Waals surface area contributed by atoms with Crippen molar-refractivity contribution in [2.75, 3.05) is 6.26 Å². The van der Waals surface area contributed by atoms with Crippen molar-refractivity contribution in [3.8, 4) is 5.75 Å². The fourth-order valence-electron chi connectivity index (χ4n) is 2.30. The Balaban J connectivity index is 0.000000449. The van der Waals surface area contributed by atoms with Gasteiger partial charge in [-0.05, 0) is 47.6 Å². The minimum Gasteiger partial charge on any atom is -0.488 e. The van der Waals surface area contributed by atoms with Crippen molar-refractivity contribution in [3.63, 3.8) is 0 Å². The summed E-state index contributed by atoms with van der Waals surface area (Å²) < 4.78 is 36.1. The van der Waals surface area contributed by atoms with Crippen LogP contribution in [0.4, 0.5) is 4.39 Å². The first kappa shape index (κ1) is 28.5. The van der Waals surface area contributed by atoms with Crippen LogP contribution in [0.25, 0.3) is 6.08 Å². The average Bonchev–Trinajstić information content (AvgIpc) is 2.78. The maximum absolute atomic E-state index is 13.5. The van der Waals surface area contributed by atoms with Crippen molar-refractivity contribution in [1.29, 1.82) is 5.41 Å². The molecule has 180 valence electrons. The van der Waals surface area contributed by atoms with Crippen LogP contribution in [0.5, 0.6) is 5.75 Å². The van der Waals surface area contributed by atoms with E-state index in [-0.39, 0.29) is 22.7 Å². The highest BCUT2D eigenvalue weighted by Gasteiger charge is 2.14. The fraction of sp³-hybridized carbons (Fsp3) is 0.273. The van der Waals surface area contributed by atoms with Gasteiger partial charge in [0.1, 0.15) is 18.2 Å². The van der Waals surface area contributed by atoms with Crippen LogP contribution in [0.3, 0.4) is 0 Å². The zero-order valence-electron chi connectivity index (χ0n) is 18.7. The quantitative estimate of drug-likeness (QED) is 0.254. The molecule has 0 saturated carbocycles. The van der Waals surface area contributed by atoms with Gasteiger partial charge in [-0.1, -0.05) is 64.6 Å². The second-order valence-electron chi connectivity index (χ2n) is 6.78. The number of Topliss-reactive ketones (excluding diaryl/α,β-unsaturated/α-hetero) is 1. The maximum Gasteiger partial charge on any atom is 0.367 e. The third-order valence-corrected chi connectivity index (χ3v) is 4.66. The smallest absolute Gasteiger partial charge is 0.367 e. The molecule has 1 aliphatic heterocycles. The number of rotatable bonds is 6. The summed E-state index contributed by atoms with van der Waals surface area (Å²) in [6, 6.07) is 14.0. The number of hydrogen-bond donors (Lipinski definition) is 2. The number of thioether (sulfide) groups is 1. The van der Waals surface area contributed by atoms with E-state index in [1.807, 2.05) is 44.2 Å². The number of amidine groups is 1. The van der Waals surface area contributed by atoms with Crippen molar-refractivity contribution < 1.29 is 31.8 Å². The molecule has 0 aliphatic carbocycles. The number of ketones is 1. The van der Waals surface area contributed by atoms with E-state index in [2.05, 4.69) is 13.7 Å². The molecular formula is C22H27FN2O6S2. The number of allylic oxidation sites excluding steroid dienone is 1. The number of halogens is 1. The molecule has 0 aromatic heterocycles. The maximum atomic E-state index is 13.5. The van der Waals surface area contributed by atoms with Crippen molar-refractivity contribution in [3.05, 3.63) is 71.0 Å². The van der Waals surface area contributed by atoms with E-state index < -0.39 is 11.4 Å². The van der Waals surface area contributed by atoms with Gasteiger partial charge in [0.2, 0.25) is 0 Å². The number of hydrogen-bond acceptors (Lipinski definition) is 8. The summed E-state index contributed by atoms with van der Waals surface area (Å²) in [6.07, 6.45) is 3.52. The topological polar surface area (TPSA) is 121 Å². The van der Waals surface area contributed by atoms with E-state index in [9.17, 15) is 13.4 Å². The van der Waals surface area contributed by atoms with Crippen LogP contribution < -0.4 is 10.5 Å². The summed E-state index contributed by atoms with van der Waals surface area (Å²) in [4.78, 5) is 12.0. The number of benzene rings is 2. The summed E-state index contributed by atoms with van der Waals surface area (Å²) >= 11 is -0.373. The molecule has 3 rings (SSSR count). The van der Waals surface area contributed by atoms with Crippen LogP contribution in [0.15, 0.2) is 54.1 Å². The highest BCUT2D eigenvalue weighted by Crippen LogP contribution is 2.24. The molecule has 1 fully saturated rings. The molecular weight excluding hydrogens is 471 g/mol. The van der Waals surface area contributed by atoms with E-state index in [4.69, 9.17) is 15.9 Å². The minimum absolute atomic E-state index is 0.0691. The molecule has 33 heavy (non-hydrogen) atoms. The minimum atomic E-state index is -1.61. The van der Waals surface area contributed by atoms with Gasteiger partial charge in [-0.3, -0.25) is 10.2 Å². The van der Waals surface area contributed by atoms with Gasteiger partial charge in [-0.2, -0.15) is 4.21 Å². The van der Waals surface area contributed by atoms with E-state index in [1.165, 1.54) is 23.9 Å². The lowest BCUT2D eigenvalue weighted by molar-refractivity contribution is -0.469. The summed E-state index contributed by atoms with van der Waals surface area (Å²) in [7, 11) is 0. The van der Waals surface area contributed by atoms with Gasteiger partial charge in [0.25, 0.3) is 0 Å². The summed E-state index contributed by atoms with van der Waals surface area (Å²) in [6.45, 7) is 5.84. The Morgan fingerprint density at radius 3 is 2.27 bits per heavy atom. The molecule has 0 radical (unpaired) electrons. The highest BCUT2D eigenvalue weighted by molar-refractivity contribution is 8.13. The van der Waals surface area contributed by atoms with Crippen molar-refractivity contribution >= 4 is 40.2 Å². The Labute approximate surface area is 199 Å². The summed E-state index contributed by atoms with van der Waals surface area (Å²) in [5, 5.41) is 10.2. The lowest BCUT2D eigenvalue weighted by atomic mass is 10.00. The van der Waals surface area contributed by atoms with Crippen LogP contribution in [-0.4, -0.2) is 21.4 Å². The first-order chi connectivity index (χ1) is 15.6. The third kappa shape index (κ3) is 11.7. The standard InChI is InChI=1S/C20H21FO2.C2H6N2S.O4S/c1-14(2)20(22)15(3)11-17-9-10-18(21)12-19(17)23-13-16-7-5-4-6-8-16;1-5-2(3)4;1-5-3-2-4-5/h4-12,14H,13H2,1-3H3;1H3,(H3,3,4);/b15-11+;;. The van der Waals surface area contributed by atoms with Crippen molar-refractivity contribution in [2.24, 2.45) is 11.7 Å². The molecule has 0 bridgehead atoms. The molecule has 0 atom stereocenters. The third-order valence-electron chi connectivity index (χ3n) is 3.88. The van der Waals surface area contributed by atoms with Gasteiger partial charge in [0.05, 0.1) is 0 Å². The van der Waals surface area contributed by atoms with Crippen LogP contribution in [0, 0.1) is 17.1 Å². The Bertz CT molecular complexity index is 957. The van der Waals surface area contributed by atoms with E-state index in [1.54, 1.807) is 25.3 Å². The molecule has 1 heterocycles. The van der Waals surface area contributed by atoms with E-state index in [0.29, 0.717) is 23.5 Å². The van der Waals surface area contributed by atoms with Gasteiger partial charge in [0, 0.05) is 17.5 Å². The van der Waals surface area contributed by atoms with Gasteiger partial charge < -0.3 is 10.5 Å². The SMILES string of the molecule is C/C(=C\c1ccc(F)cc1OCc1ccccc1)C(=O)C(C)C.CSC(=N)N.O=S1OOO1. The molecule has 0 unspecified atom stereocenters. The highest BCUT2D eigenvalue weighted by atomic mass is 32.2. The van der Waals surface area contributed by atoms with E-state index >= 15 is 0 Å². The Hall–Kier alpha value is -2.57. The molecule has 2 aromatic carbocycles. The zero-order valence-corrected chi connectivity index (χ0v) is 20.3. The second-order valence-corrected chi connectivity index (χ2v) is 8.31. The molecule has 3 N–H and O–H groups in total. The second kappa shape index (κ2) is 15.3. The fourth-order valence-corrected chi connectivity index (χ4v) is 2.40. The summed E-state index contributed by atoms with van der Waals surface area (Å²) in [5.74, 6) is 0.0755. The number of carbonyl (C=O) groups is 1.